The Morgan fingerprint density at radius 1 is 1.64 bits per heavy atom. The Kier molecular flexibility index (Phi) is 3.72. The minimum atomic E-state index is 0.505. The predicted octanol–water partition coefficient (Wildman–Crippen LogP) is 1.83. The van der Waals surface area contributed by atoms with E-state index in [1.807, 2.05) is 11.9 Å². The maximum Gasteiger partial charge on any atom is 0.162 e. The van der Waals surface area contributed by atoms with Crippen LogP contribution >= 0.6 is 11.5 Å². The molecule has 2 N–H and O–H groups in total. The van der Waals surface area contributed by atoms with Crippen LogP contribution in [0.3, 0.4) is 0 Å². The van der Waals surface area contributed by atoms with Gasteiger partial charge in [0.05, 0.1) is 0 Å². The molecule has 0 saturated heterocycles. The van der Waals surface area contributed by atoms with E-state index in [-0.39, 0.29) is 0 Å². The molecule has 0 aliphatic heterocycles. The number of nitrogen functional groups attached to an aromatic ring is 1. The van der Waals surface area contributed by atoms with E-state index in [2.05, 4.69) is 17.4 Å². The maximum absolute atomic E-state index is 8.87. The van der Waals surface area contributed by atoms with E-state index in [4.69, 9.17) is 11.0 Å². The first-order valence-electron chi connectivity index (χ1n) is 4.57. The number of hydrogen-bond acceptors (Lipinski definition) is 5. The van der Waals surface area contributed by atoms with Crippen LogP contribution in [0.1, 0.15) is 25.3 Å². The smallest absolute Gasteiger partial charge is 0.162 e. The standard InChI is InChI=1S/C9H14N4S/c1-3-4-5-13(2)9-7(6-10)8(11)14-12-9/h3-5,11H2,1-2H3. The summed E-state index contributed by atoms with van der Waals surface area (Å²) in [6, 6.07) is 2.08. The van der Waals surface area contributed by atoms with Gasteiger partial charge in [-0.05, 0) is 18.0 Å². The summed E-state index contributed by atoms with van der Waals surface area (Å²) in [6.07, 6.45) is 2.23. The van der Waals surface area contributed by atoms with Crippen molar-refractivity contribution in [2.24, 2.45) is 0 Å². The summed E-state index contributed by atoms with van der Waals surface area (Å²) in [5.74, 6) is 0.712. The monoisotopic (exact) mass is 210 g/mol. The van der Waals surface area contributed by atoms with Crippen LogP contribution in [-0.2, 0) is 0 Å². The number of hydrogen-bond donors (Lipinski definition) is 1. The molecule has 1 heterocycles. The van der Waals surface area contributed by atoms with Crippen molar-refractivity contribution in [3.63, 3.8) is 0 Å². The molecule has 14 heavy (non-hydrogen) atoms. The van der Waals surface area contributed by atoms with E-state index < -0.39 is 0 Å². The summed E-state index contributed by atoms with van der Waals surface area (Å²) in [6.45, 7) is 3.04. The SMILES string of the molecule is CCCCN(C)c1nsc(N)c1C#N. The number of anilines is 2. The van der Waals surface area contributed by atoms with E-state index in [9.17, 15) is 0 Å². The summed E-state index contributed by atoms with van der Waals surface area (Å²) in [5.41, 5.74) is 6.13. The zero-order valence-electron chi connectivity index (χ0n) is 8.45. The quantitative estimate of drug-likeness (QED) is 0.823. The van der Waals surface area contributed by atoms with Crippen LogP contribution in [0, 0.1) is 11.3 Å². The lowest BCUT2D eigenvalue weighted by molar-refractivity contribution is 0.762. The average Bonchev–Trinajstić information content (AvgIpc) is 2.55. The van der Waals surface area contributed by atoms with Crippen LogP contribution < -0.4 is 10.6 Å². The minimum Gasteiger partial charge on any atom is -0.388 e. The molecule has 1 aromatic rings. The Labute approximate surface area is 88.1 Å². The van der Waals surface area contributed by atoms with Crippen LogP contribution in [0.15, 0.2) is 0 Å². The summed E-state index contributed by atoms with van der Waals surface area (Å²) < 4.78 is 4.16. The highest BCUT2D eigenvalue weighted by Gasteiger charge is 2.14. The Balaban J connectivity index is 2.80. The third-order valence-electron chi connectivity index (χ3n) is 2.02. The molecular weight excluding hydrogens is 196 g/mol. The van der Waals surface area contributed by atoms with Crippen LogP contribution in [0.5, 0.6) is 0 Å². The lowest BCUT2D eigenvalue weighted by Gasteiger charge is -2.15. The third-order valence-corrected chi connectivity index (χ3v) is 2.69. The number of nitriles is 1. The van der Waals surface area contributed by atoms with Crippen LogP contribution in [-0.4, -0.2) is 18.0 Å². The Hall–Kier alpha value is -1.28. The fourth-order valence-corrected chi connectivity index (χ4v) is 1.80. The fourth-order valence-electron chi connectivity index (χ4n) is 1.16. The molecule has 0 fully saturated rings. The van der Waals surface area contributed by atoms with E-state index in [1.165, 1.54) is 11.5 Å². The van der Waals surface area contributed by atoms with Gasteiger partial charge in [0.2, 0.25) is 0 Å². The van der Waals surface area contributed by atoms with Gasteiger partial charge in [-0.3, -0.25) is 0 Å². The van der Waals surface area contributed by atoms with Gasteiger partial charge in [-0.25, -0.2) is 0 Å². The van der Waals surface area contributed by atoms with Crippen molar-refractivity contribution in [1.29, 1.82) is 5.26 Å². The summed E-state index contributed by atoms with van der Waals surface area (Å²) in [5, 5.41) is 9.38. The van der Waals surface area contributed by atoms with Crippen LogP contribution in [0.2, 0.25) is 0 Å². The first-order valence-corrected chi connectivity index (χ1v) is 5.34. The Morgan fingerprint density at radius 2 is 2.36 bits per heavy atom. The Bertz CT molecular complexity index is 339. The number of nitrogens with zero attached hydrogens (tertiary/aromatic N) is 3. The topological polar surface area (TPSA) is 65.9 Å². The number of aromatic nitrogens is 1. The highest BCUT2D eigenvalue weighted by atomic mass is 32.1. The molecule has 1 aromatic heterocycles. The molecule has 0 aliphatic carbocycles. The van der Waals surface area contributed by atoms with Crippen molar-refractivity contribution < 1.29 is 0 Å². The van der Waals surface area contributed by atoms with Crippen molar-refractivity contribution in [3.8, 4) is 6.07 Å². The van der Waals surface area contributed by atoms with Crippen molar-refractivity contribution in [1.82, 2.24) is 4.37 Å². The van der Waals surface area contributed by atoms with Crippen LogP contribution in [0.4, 0.5) is 10.8 Å². The second-order valence-electron chi connectivity index (χ2n) is 3.13. The molecule has 0 radical (unpaired) electrons. The van der Waals surface area contributed by atoms with Crippen molar-refractivity contribution in [2.75, 3.05) is 24.2 Å². The molecule has 0 bridgehead atoms. The van der Waals surface area contributed by atoms with Crippen molar-refractivity contribution in [3.05, 3.63) is 5.56 Å². The first-order chi connectivity index (χ1) is 6.70. The van der Waals surface area contributed by atoms with Gasteiger partial charge < -0.3 is 10.6 Å². The largest absolute Gasteiger partial charge is 0.388 e. The fraction of sp³-hybridized carbons (Fsp3) is 0.556. The van der Waals surface area contributed by atoms with Gasteiger partial charge in [0.25, 0.3) is 0 Å². The molecular formula is C9H14N4S. The van der Waals surface area contributed by atoms with E-state index in [0.717, 1.165) is 19.4 Å². The summed E-state index contributed by atoms with van der Waals surface area (Å²) in [7, 11) is 1.94. The second-order valence-corrected chi connectivity index (χ2v) is 3.94. The van der Waals surface area contributed by atoms with Gasteiger partial charge in [0, 0.05) is 13.6 Å². The lowest BCUT2D eigenvalue weighted by Crippen LogP contribution is -2.19. The third kappa shape index (κ3) is 2.15. The summed E-state index contributed by atoms with van der Waals surface area (Å²) in [4.78, 5) is 1.98. The first kappa shape index (κ1) is 10.8. The zero-order valence-corrected chi connectivity index (χ0v) is 9.27. The lowest BCUT2D eigenvalue weighted by atomic mass is 10.3. The van der Waals surface area contributed by atoms with E-state index in [1.54, 1.807) is 0 Å². The molecule has 0 atom stereocenters. The maximum atomic E-state index is 8.87. The molecule has 76 valence electrons. The molecule has 0 amide bonds. The summed E-state index contributed by atoms with van der Waals surface area (Å²) >= 11 is 1.18. The van der Waals surface area contributed by atoms with Crippen LogP contribution in [0.25, 0.3) is 0 Å². The van der Waals surface area contributed by atoms with Crippen molar-refractivity contribution >= 4 is 22.4 Å². The second kappa shape index (κ2) is 4.82. The highest BCUT2D eigenvalue weighted by Crippen LogP contribution is 2.27. The number of rotatable bonds is 4. The van der Waals surface area contributed by atoms with Gasteiger partial charge in [-0.1, -0.05) is 13.3 Å². The minimum absolute atomic E-state index is 0.505. The molecule has 0 unspecified atom stereocenters. The molecule has 0 saturated carbocycles. The number of nitrogens with two attached hydrogens (primary N) is 1. The van der Waals surface area contributed by atoms with E-state index >= 15 is 0 Å². The Morgan fingerprint density at radius 3 is 2.93 bits per heavy atom. The van der Waals surface area contributed by atoms with Gasteiger partial charge >= 0.3 is 0 Å². The van der Waals surface area contributed by atoms with Gasteiger partial charge in [0.1, 0.15) is 16.6 Å². The molecule has 1 rings (SSSR count). The van der Waals surface area contributed by atoms with Crippen molar-refractivity contribution in [2.45, 2.75) is 19.8 Å². The van der Waals surface area contributed by atoms with Gasteiger partial charge in [-0.15, -0.1) is 0 Å². The average molecular weight is 210 g/mol. The van der Waals surface area contributed by atoms with E-state index in [0.29, 0.717) is 16.4 Å². The number of unbranched alkanes of at least 4 members (excludes halogenated alkanes) is 1. The molecule has 0 spiro atoms. The molecule has 0 aliphatic rings. The van der Waals surface area contributed by atoms with Gasteiger partial charge in [-0.2, -0.15) is 9.64 Å². The highest BCUT2D eigenvalue weighted by molar-refractivity contribution is 7.10. The van der Waals surface area contributed by atoms with Gasteiger partial charge in [0.15, 0.2) is 5.82 Å². The molecule has 4 nitrogen and oxygen atoms in total. The normalized spacial score (nSPS) is 9.79. The molecule has 0 aromatic carbocycles. The predicted molar refractivity (Wildman–Crippen MR) is 59.4 cm³/mol. The zero-order chi connectivity index (χ0) is 10.6. The molecule has 5 heteroatoms.